The summed E-state index contributed by atoms with van der Waals surface area (Å²) >= 11 is 11.3. The fraction of sp³-hybridized carbons (Fsp3) is 0.231. The number of hydrogen-bond donors (Lipinski definition) is 0. The quantitative estimate of drug-likeness (QED) is 0.470. The van der Waals surface area contributed by atoms with Crippen molar-refractivity contribution in [3.8, 4) is 11.1 Å². The SMILES string of the molecule is Clc1ccc(-c2cnc3[n+](c2)[C@@H](CBr)CS3)cc1. The first-order valence-corrected chi connectivity index (χ1v) is 8.12. The Hall–Kier alpha value is -0.580. The van der Waals surface area contributed by atoms with Gasteiger partial charge in [0.25, 0.3) is 0 Å². The molecule has 0 saturated heterocycles. The van der Waals surface area contributed by atoms with Gasteiger partial charge in [-0.05, 0) is 34.4 Å². The molecule has 0 spiro atoms. The van der Waals surface area contributed by atoms with Crippen LogP contribution in [0.5, 0.6) is 0 Å². The van der Waals surface area contributed by atoms with Crippen LogP contribution in [0.2, 0.25) is 5.02 Å². The zero-order chi connectivity index (χ0) is 12.5. The second-order valence-electron chi connectivity index (χ2n) is 4.16. The van der Waals surface area contributed by atoms with Crippen LogP contribution in [-0.2, 0) is 0 Å². The highest BCUT2D eigenvalue weighted by atomic mass is 79.9. The minimum Gasteiger partial charge on any atom is -0.220 e. The Kier molecular flexibility index (Phi) is 3.59. The Bertz CT molecular complexity index is 574. The number of rotatable bonds is 2. The fourth-order valence-electron chi connectivity index (χ4n) is 1.96. The number of aromatic nitrogens is 2. The molecule has 92 valence electrons. The van der Waals surface area contributed by atoms with Crippen molar-refractivity contribution in [3.05, 3.63) is 41.7 Å². The van der Waals surface area contributed by atoms with E-state index >= 15 is 0 Å². The molecule has 2 nitrogen and oxygen atoms in total. The van der Waals surface area contributed by atoms with Gasteiger partial charge in [0.1, 0.15) is 12.2 Å². The number of fused-ring (bicyclic) bond motifs is 1. The number of benzene rings is 1. The first kappa shape index (κ1) is 12.5. The van der Waals surface area contributed by atoms with E-state index in [4.69, 9.17) is 11.6 Å². The maximum Gasteiger partial charge on any atom is 0.359 e. The Labute approximate surface area is 124 Å². The molecule has 0 aliphatic carbocycles. The molecule has 0 saturated carbocycles. The summed E-state index contributed by atoms with van der Waals surface area (Å²) in [6, 6.07) is 8.36. The van der Waals surface area contributed by atoms with Gasteiger partial charge in [-0.15, -0.1) is 0 Å². The third kappa shape index (κ3) is 2.29. The fourth-order valence-corrected chi connectivity index (χ4v) is 4.03. The lowest BCUT2D eigenvalue weighted by Gasteiger charge is -2.05. The van der Waals surface area contributed by atoms with Gasteiger partial charge in [0, 0.05) is 16.1 Å². The topological polar surface area (TPSA) is 16.8 Å². The predicted molar refractivity (Wildman–Crippen MR) is 78.4 cm³/mol. The summed E-state index contributed by atoms with van der Waals surface area (Å²) in [6.45, 7) is 0. The summed E-state index contributed by atoms with van der Waals surface area (Å²) in [5, 5.41) is 2.82. The van der Waals surface area contributed by atoms with E-state index in [2.05, 4.69) is 31.7 Å². The maximum absolute atomic E-state index is 5.91. The zero-order valence-corrected chi connectivity index (χ0v) is 12.7. The van der Waals surface area contributed by atoms with Gasteiger partial charge in [-0.2, -0.15) is 0 Å². The number of thioether (sulfide) groups is 1. The van der Waals surface area contributed by atoms with E-state index in [1.54, 1.807) is 0 Å². The standard InChI is InChI=1S/C13H11BrClN2S/c14-5-12-8-18-13-16-6-10(7-17(12)13)9-1-3-11(15)4-2-9/h1-4,6-7,12H,5,8H2/q+1/t12-/m0/s1. The molecule has 1 aromatic heterocycles. The Morgan fingerprint density at radius 3 is 2.83 bits per heavy atom. The van der Waals surface area contributed by atoms with E-state index in [9.17, 15) is 0 Å². The summed E-state index contributed by atoms with van der Waals surface area (Å²) in [5.74, 6) is 1.09. The molecule has 5 heteroatoms. The summed E-state index contributed by atoms with van der Waals surface area (Å²) in [5.41, 5.74) is 2.27. The molecule has 0 bridgehead atoms. The van der Waals surface area contributed by atoms with Gasteiger partial charge in [0.05, 0.1) is 5.56 Å². The van der Waals surface area contributed by atoms with Crippen molar-refractivity contribution in [1.29, 1.82) is 0 Å². The van der Waals surface area contributed by atoms with Crippen LogP contribution in [0.3, 0.4) is 0 Å². The zero-order valence-electron chi connectivity index (χ0n) is 9.51. The van der Waals surface area contributed by atoms with Crippen LogP contribution in [0.15, 0.2) is 41.8 Å². The lowest BCUT2D eigenvalue weighted by Crippen LogP contribution is -2.39. The number of hydrogen-bond acceptors (Lipinski definition) is 2. The Morgan fingerprint density at radius 2 is 2.11 bits per heavy atom. The second-order valence-corrected chi connectivity index (χ2v) is 6.23. The normalized spacial score (nSPS) is 17.8. The average molecular weight is 343 g/mol. The van der Waals surface area contributed by atoms with Crippen LogP contribution in [0.25, 0.3) is 11.1 Å². The molecule has 1 aliphatic heterocycles. The summed E-state index contributed by atoms with van der Waals surface area (Å²) in [6.07, 6.45) is 4.11. The molecule has 2 aromatic rings. The van der Waals surface area contributed by atoms with Crippen LogP contribution in [0.4, 0.5) is 0 Å². The Morgan fingerprint density at radius 1 is 1.33 bits per heavy atom. The van der Waals surface area contributed by atoms with Crippen molar-refractivity contribution in [1.82, 2.24) is 4.98 Å². The maximum atomic E-state index is 5.91. The highest BCUT2D eigenvalue weighted by Gasteiger charge is 2.30. The monoisotopic (exact) mass is 341 g/mol. The van der Waals surface area contributed by atoms with Gasteiger partial charge >= 0.3 is 5.16 Å². The van der Waals surface area contributed by atoms with Crippen LogP contribution in [0.1, 0.15) is 6.04 Å². The van der Waals surface area contributed by atoms with E-state index in [-0.39, 0.29) is 0 Å². The van der Waals surface area contributed by atoms with Crippen molar-refractivity contribution in [2.75, 3.05) is 11.1 Å². The average Bonchev–Trinajstić information content (AvgIpc) is 2.81. The lowest BCUT2D eigenvalue weighted by molar-refractivity contribution is -0.746. The van der Waals surface area contributed by atoms with E-state index in [1.807, 2.05) is 42.2 Å². The first-order chi connectivity index (χ1) is 8.78. The predicted octanol–water partition coefficient (Wildman–Crippen LogP) is 3.73. The second kappa shape index (κ2) is 5.19. The van der Waals surface area contributed by atoms with E-state index in [0.29, 0.717) is 6.04 Å². The van der Waals surface area contributed by atoms with Crippen molar-refractivity contribution in [3.63, 3.8) is 0 Å². The van der Waals surface area contributed by atoms with Crippen molar-refractivity contribution >= 4 is 39.3 Å². The van der Waals surface area contributed by atoms with Gasteiger partial charge in [0.15, 0.2) is 6.20 Å². The first-order valence-electron chi connectivity index (χ1n) is 5.64. The van der Waals surface area contributed by atoms with Crippen LogP contribution < -0.4 is 4.57 Å². The number of nitrogens with zero attached hydrogens (tertiary/aromatic N) is 2. The molecule has 1 aliphatic rings. The smallest absolute Gasteiger partial charge is 0.220 e. The lowest BCUT2D eigenvalue weighted by atomic mass is 10.1. The largest absolute Gasteiger partial charge is 0.359 e. The highest BCUT2D eigenvalue weighted by molar-refractivity contribution is 9.09. The van der Waals surface area contributed by atoms with Gasteiger partial charge in [-0.3, -0.25) is 0 Å². The third-order valence-electron chi connectivity index (χ3n) is 2.97. The molecule has 0 fully saturated rings. The molecule has 3 rings (SSSR count). The molecule has 0 radical (unpaired) electrons. The Balaban J connectivity index is 2.02. The summed E-state index contributed by atoms with van der Waals surface area (Å²) in [4.78, 5) is 4.53. The highest BCUT2D eigenvalue weighted by Crippen LogP contribution is 2.27. The van der Waals surface area contributed by atoms with Crippen LogP contribution >= 0.6 is 39.3 Å². The van der Waals surface area contributed by atoms with E-state index in [0.717, 1.165) is 32.4 Å². The number of halogens is 2. The third-order valence-corrected chi connectivity index (χ3v) is 5.09. The number of alkyl halides is 1. The van der Waals surface area contributed by atoms with Crippen molar-refractivity contribution < 1.29 is 4.57 Å². The molecule has 0 N–H and O–H groups in total. The summed E-state index contributed by atoms with van der Waals surface area (Å²) in [7, 11) is 0. The van der Waals surface area contributed by atoms with Crippen molar-refractivity contribution in [2.24, 2.45) is 0 Å². The van der Waals surface area contributed by atoms with Gasteiger partial charge in [-0.25, -0.2) is 4.57 Å². The molecule has 0 unspecified atom stereocenters. The molecular formula is C13H11BrClN2S+. The minimum atomic E-state index is 0.491. The molecular weight excluding hydrogens is 332 g/mol. The van der Waals surface area contributed by atoms with E-state index in [1.165, 1.54) is 0 Å². The molecule has 1 atom stereocenters. The van der Waals surface area contributed by atoms with E-state index < -0.39 is 0 Å². The molecule has 2 heterocycles. The molecule has 0 amide bonds. The molecule has 1 aromatic carbocycles. The minimum absolute atomic E-state index is 0.491. The van der Waals surface area contributed by atoms with Gasteiger partial charge < -0.3 is 0 Å². The van der Waals surface area contributed by atoms with Gasteiger partial charge in [-0.1, -0.05) is 39.7 Å². The van der Waals surface area contributed by atoms with Crippen LogP contribution in [-0.4, -0.2) is 16.1 Å². The summed E-state index contributed by atoms with van der Waals surface area (Å²) < 4.78 is 2.25. The van der Waals surface area contributed by atoms with Crippen molar-refractivity contribution in [2.45, 2.75) is 11.2 Å². The van der Waals surface area contributed by atoms with Gasteiger partial charge in [0.2, 0.25) is 0 Å². The molecule has 18 heavy (non-hydrogen) atoms. The van der Waals surface area contributed by atoms with Crippen LogP contribution in [0, 0.1) is 0 Å².